The molecule has 37 heavy (non-hydrogen) atoms. The minimum Gasteiger partial charge on any atom is -0.340 e. The molecule has 2 saturated heterocycles. The summed E-state index contributed by atoms with van der Waals surface area (Å²) in [5.74, 6) is -1.01. The van der Waals surface area contributed by atoms with Gasteiger partial charge in [-0.25, -0.2) is 0 Å². The molecule has 4 amide bonds. The van der Waals surface area contributed by atoms with Crippen molar-refractivity contribution < 1.29 is 19.2 Å². The van der Waals surface area contributed by atoms with Gasteiger partial charge in [0.05, 0.1) is 12.1 Å². The van der Waals surface area contributed by atoms with Crippen molar-refractivity contribution in [2.24, 2.45) is 5.92 Å². The summed E-state index contributed by atoms with van der Waals surface area (Å²) in [4.78, 5) is 56.0. The first-order valence-electron chi connectivity index (χ1n) is 13.1. The largest absolute Gasteiger partial charge is 0.340 e. The summed E-state index contributed by atoms with van der Waals surface area (Å²) in [6.45, 7) is 10.8. The Hall–Kier alpha value is -3.48. The van der Waals surface area contributed by atoms with Gasteiger partial charge in [0.2, 0.25) is 5.91 Å². The van der Waals surface area contributed by atoms with Gasteiger partial charge in [0.1, 0.15) is 6.04 Å². The number of imide groups is 1. The number of nitrogens with zero attached hydrogens (tertiary/aromatic N) is 2. The van der Waals surface area contributed by atoms with Gasteiger partial charge < -0.3 is 10.2 Å². The molecule has 2 heterocycles. The van der Waals surface area contributed by atoms with Crippen molar-refractivity contribution >= 4 is 23.6 Å². The van der Waals surface area contributed by atoms with Gasteiger partial charge in [0, 0.05) is 24.1 Å². The van der Waals surface area contributed by atoms with E-state index in [1.54, 1.807) is 29.2 Å². The third-order valence-electron chi connectivity index (χ3n) is 7.34. The summed E-state index contributed by atoms with van der Waals surface area (Å²) >= 11 is 0. The lowest BCUT2D eigenvalue weighted by atomic mass is 9.86. The Bertz CT molecular complexity index is 1170. The summed E-state index contributed by atoms with van der Waals surface area (Å²) in [7, 11) is 0. The highest BCUT2D eigenvalue weighted by atomic mass is 16.2. The fourth-order valence-electron chi connectivity index (χ4n) is 5.36. The molecule has 0 spiro atoms. The van der Waals surface area contributed by atoms with Crippen LogP contribution < -0.4 is 5.32 Å². The minimum absolute atomic E-state index is 0.0329. The smallest absolute Gasteiger partial charge is 0.254 e. The van der Waals surface area contributed by atoms with Gasteiger partial charge in [0.25, 0.3) is 17.7 Å². The number of rotatable bonds is 6. The molecule has 0 saturated carbocycles. The number of benzene rings is 2. The van der Waals surface area contributed by atoms with Crippen LogP contribution in [0.3, 0.4) is 0 Å². The molecule has 2 aromatic carbocycles. The number of nitrogens with one attached hydrogen (secondary N) is 1. The van der Waals surface area contributed by atoms with Crippen LogP contribution in [0.15, 0.2) is 54.6 Å². The van der Waals surface area contributed by atoms with Crippen LogP contribution in [0, 0.1) is 5.92 Å². The third kappa shape index (κ3) is 5.60. The predicted molar refractivity (Wildman–Crippen MR) is 142 cm³/mol. The lowest BCUT2D eigenvalue weighted by molar-refractivity contribution is -0.145. The Balaban J connectivity index is 1.50. The van der Waals surface area contributed by atoms with Crippen molar-refractivity contribution in [3.63, 3.8) is 0 Å². The van der Waals surface area contributed by atoms with E-state index in [9.17, 15) is 19.2 Å². The SMILES string of the molecule is CC(C)C[C@H](NC(=O)c1ccc(C(C)(C)C)cc1)C(=O)N1C(=O)CC2C1CCN2C(=O)c1ccccc1. The van der Waals surface area contributed by atoms with E-state index < -0.39 is 6.04 Å². The van der Waals surface area contributed by atoms with E-state index >= 15 is 0 Å². The van der Waals surface area contributed by atoms with Crippen LogP contribution in [-0.4, -0.2) is 58.1 Å². The van der Waals surface area contributed by atoms with E-state index in [-0.39, 0.29) is 53.5 Å². The highest BCUT2D eigenvalue weighted by molar-refractivity contribution is 6.04. The summed E-state index contributed by atoms with van der Waals surface area (Å²) in [5, 5.41) is 2.90. The summed E-state index contributed by atoms with van der Waals surface area (Å²) < 4.78 is 0. The third-order valence-corrected chi connectivity index (χ3v) is 7.34. The maximum Gasteiger partial charge on any atom is 0.254 e. The number of likely N-dealkylation sites (tertiary alicyclic amines) is 2. The topological polar surface area (TPSA) is 86.8 Å². The zero-order valence-electron chi connectivity index (χ0n) is 22.4. The van der Waals surface area contributed by atoms with Crippen LogP contribution >= 0.6 is 0 Å². The van der Waals surface area contributed by atoms with Crippen molar-refractivity contribution in [2.75, 3.05) is 6.54 Å². The number of amides is 4. The molecule has 2 aliphatic heterocycles. The van der Waals surface area contributed by atoms with E-state index in [0.717, 1.165) is 5.56 Å². The molecular weight excluding hydrogens is 466 g/mol. The summed E-state index contributed by atoms with van der Waals surface area (Å²) in [6, 6.07) is 14.9. The first-order valence-corrected chi connectivity index (χ1v) is 13.1. The Morgan fingerprint density at radius 3 is 2.19 bits per heavy atom. The molecule has 2 unspecified atom stereocenters. The molecule has 196 valence electrons. The lowest BCUT2D eigenvalue weighted by Crippen LogP contribution is -2.52. The van der Waals surface area contributed by atoms with Crippen molar-refractivity contribution in [1.29, 1.82) is 0 Å². The maximum atomic E-state index is 13.7. The molecule has 2 aromatic rings. The zero-order chi connectivity index (χ0) is 26.9. The van der Waals surface area contributed by atoms with Gasteiger partial charge in [-0.05, 0) is 54.0 Å². The molecule has 4 rings (SSSR count). The van der Waals surface area contributed by atoms with Gasteiger partial charge in [-0.2, -0.15) is 0 Å². The second kappa shape index (κ2) is 10.5. The Kier molecular flexibility index (Phi) is 7.53. The van der Waals surface area contributed by atoms with Crippen LogP contribution in [0.25, 0.3) is 0 Å². The predicted octanol–water partition coefficient (Wildman–Crippen LogP) is 4.17. The van der Waals surface area contributed by atoms with Crippen LogP contribution in [0.1, 0.15) is 80.2 Å². The second-order valence-corrected chi connectivity index (χ2v) is 11.6. The molecule has 7 heteroatoms. The lowest BCUT2D eigenvalue weighted by Gasteiger charge is -2.28. The second-order valence-electron chi connectivity index (χ2n) is 11.6. The average Bonchev–Trinajstić information content (AvgIpc) is 3.40. The molecule has 3 atom stereocenters. The molecule has 0 aromatic heterocycles. The molecule has 0 aliphatic carbocycles. The first kappa shape index (κ1) is 26.6. The number of hydrogen-bond acceptors (Lipinski definition) is 4. The quantitative estimate of drug-likeness (QED) is 0.641. The monoisotopic (exact) mass is 503 g/mol. The first-order chi connectivity index (χ1) is 17.5. The zero-order valence-corrected chi connectivity index (χ0v) is 22.4. The van der Waals surface area contributed by atoms with Crippen molar-refractivity contribution in [3.05, 3.63) is 71.3 Å². The van der Waals surface area contributed by atoms with Crippen LogP contribution in [0.4, 0.5) is 0 Å². The van der Waals surface area contributed by atoms with Crippen molar-refractivity contribution in [3.8, 4) is 0 Å². The standard InChI is InChI=1S/C30H37N3O4/c1-19(2)17-23(31-27(35)20-11-13-22(14-12-20)30(3,4)5)29(37)33-24-15-16-32(25(24)18-26(33)34)28(36)21-9-7-6-8-10-21/h6-14,19,23-25H,15-18H2,1-5H3,(H,31,35)/t23-,24?,25?/m0/s1. The van der Waals surface area contributed by atoms with E-state index in [1.165, 1.54) is 4.90 Å². The highest BCUT2D eigenvalue weighted by Gasteiger charge is 2.51. The van der Waals surface area contributed by atoms with Gasteiger partial charge in [-0.15, -0.1) is 0 Å². The fourth-order valence-corrected chi connectivity index (χ4v) is 5.36. The Morgan fingerprint density at radius 2 is 1.59 bits per heavy atom. The fraction of sp³-hybridized carbons (Fsp3) is 0.467. The van der Waals surface area contributed by atoms with Gasteiger partial charge in [-0.1, -0.05) is 65.0 Å². The molecule has 7 nitrogen and oxygen atoms in total. The van der Waals surface area contributed by atoms with Gasteiger partial charge in [-0.3, -0.25) is 24.1 Å². The van der Waals surface area contributed by atoms with E-state index in [0.29, 0.717) is 30.5 Å². The van der Waals surface area contributed by atoms with E-state index in [1.807, 2.05) is 44.2 Å². The molecule has 0 bridgehead atoms. The average molecular weight is 504 g/mol. The summed E-state index contributed by atoms with van der Waals surface area (Å²) in [5.41, 5.74) is 2.13. The van der Waals surface area contributed by atoms with Crippen LogP contribution in [-0.2, 0) is 15.0 Å². The molecular formula is C30H37N3O4. The van der Waals surface area contributed by atoms with Crippen molar-refractivity contribution in [1.82, 2.24) is 15.1 Å². The van der Waals surface area contributed by atoms with E-state index in [4.69, 9.17) is 0 Å². The Labute approximate surface area is 219 Å². The molecule has 1 N–H and O–H groups in total. The maximum absolute atomic E-state index is 13.7. The van der Waals surface area contributed by atoms with Gasteiger partial charge >= 0.3 is 0 Å². The van der Waals surface area contributed by atoms with E-state index in [2.05, 4.69) is 26.1 Å². The van der Waals surface area contributed by atoms with Gasteiger partial charge in [0.15, 0.2) is 0 Å². The normalized spacial score (nSPS) is 20.2. The van der Waals surface area contributed by atoms with Crippen molar-refractivity contribution in [2.45, 2.75) is 77.4 Å². The van der Waals surface area contributed by atoms with Crippen LogP contribution in [0.5, 0.6) is 0 Å². The number of fused-ring (bicyclic) bond motifs is 1. The molecule has 0 radical (unpaired) electrons. The molecule has 2 fully saturated rings. The minimum atomic E-state index is -0.823. The number of hydrogen-bond donors (Lipinski definition) is 1. The highest BCUT2D eigenvalue weighted by Crippen LogP contribution is 2.34. The van der Waals surface area contributed by atoms with Crippen LogP contribution in [0.2, 0.25) is 0 Å². The summed E-state index contributed by atoms with van der Waals surface area (Å²) in [6.07, 6.45) is 1.07. The Morgan fingerprint density at radius 1 is 0.946 bits per heavy atom. The number of carbonyl (C=O) groups excluding carboxylic acids is 4. The molecule has 2 aliphatic rings. The number of carbonyl (C=O) groups is 4.